The third-order valence-corrected chi connectivity index (χ3v) is 1.91. The Hall–Kier alpha value is -0.890. The Labute approximate surface area is 81.5 Å². The van der Waals surface area contributed by atoms with Crippen LogP contribution >= 0.6 is 11.6 Å². The van der Waals surface area contributed by atoms with E-state index in [1.54, 1.807) is 6.07 Å². The number of benzene rings is 1. The number of aryl methyl sites for hydroxylation is 1. The van der Waals surface area contributed by atoms with Crippen molar-refractivity contribution in [2.75, 3.05) is 0 Å². The molecule has 0 saturated carbocycles. The number of carbonyl (C=O) groups is 1. The molecule has 0 fully saturated rings. The first-order valence-corrected chi connectivity index (χ1v) is 4.40. The molecule has 0 unspecified atom stereocenters. The first-order chi connectivity index (χ1) is 6.08. The first-order valence-electron chi connectivity index (χ1n) is 4.02. The lowest BCUT2D eigenvalue weighted by atomic mass is 10.1. The minimum atomic E-state index is -0.356. The molecule has 0 radical (unpaired) electrons. The van der Waals surface area contributed by atoms with Crippen LogP contribution in [-0.4, -0.2) is 5.78 Å². The van der Waals surface area contributed by atoms with Gasteiger partial charge in [0.1, 0.15) is 11.6 Å². The lowest BCUT2D eigenvalue weighted by Gasteiger charge is -2.00. The zero-order valence-corrected chi connectivity index (χ0v) is 8.07. The molecule has 1 rings (SSSR count). The molecule has 70 valence electrons. The fourth-order valence-corrected chi connectivity index (χ4v) is 1.32. The lowest BCUT2D eigenvalue weighted by Crippen LogP contribution is -1.94. The van der Waals surface area contributed by atoms with E-state index in [4.69, 9.17) is 11.6 Å². The van der Waals surface area contributed by atoms with Crippen molar-refractivity contribution in [3.8, 4) is 0 Å². The summed E-state index contributed by atoms with van der Waals surface area (Å²) >= 11 is 5.64. The summed E-state index contributed by atoms with van der Waals surface area (Å²) in [4.78, 5) is 10.7. The molecule has 0 atom stereocenters. The Bertz CT molecular complexity index is 302. The van der Waals surface area contributed by atoms with E-state index in [0.717, 1.165) is 5.56 Å². The zero-order valence-electron chi connectivity index (χ0n) is 7.31. The SMILES string of the molecule is CC(=O)CCc1cc(F)cc(Cl)c1. The highest BCUT2D eigenvalue weighted by Crippen LogP contribution is 2.15. The summed E-state index contributed by atoms with van der Waals surface area (Å²) in [6.45, 7) is 1.51. The van der Waals surface area contributed by atoms with Gasteiger partial charge in [-0.15, -0.1) is 0 Å². The Balaban J connectivity index is 2.71. The van der Waals surface area contributed by atoms with Crippen molar-refractivity contribution in [3.63, 3.8) is 0 Å². The standard InChI is InChI=1S/C10H10ClFO/c1-7(13)2-3-8-4-9(11)6-10(12)5-8/h4-6H,2-3H2,1H3. The van der Waals surface area contributed by atoms with E-state index in [1.807, 2.05) is 0 Å². The van der Waals surface area contributed by atoms with Gasteiger partial charge < -0.3 is 4.79 Å². The number of rotatable bonds is 3. The third-order valence-electron chi connectivity index (χ3n) is 1.69. The fourth-order valence-electron chi connectivity index (χ4n) is 1.08. The van der Waals surface area contributed by atoms with Crippen molar-refractivity contribution in [3.05, 3.63) is 34.6 Å². The van der Waals surface area contributed by atoms with Crippen molar-refractivity contribution in [2.45, 2.75) is 19.8 Å². The van der Waals surface area contributed by atoms with Gasteiger partial charge >= 0.3 is 0 Å². The van der Waals surface area contributed by atoms with Crippen LogP contribution in [0.5, 0.6) is 0 Å². The normalized spacial score (nSPS) is 10.1. The number of hydrogen-bond donors (Lipinski definition) is 0. The Morgan fingerprint density at radius 1 is 1.46 bits per heavy atom. The molecule has 0 N–H and O–H groups in total. The number of hydrogen-bond acceptors (Lipinski definition) is 1. The van der Waals surface area contributed by atoms with Gasteiger partial charge in [-0.3, -0.25) is 0 Å². The molecule has 0 spiro atoms. The van der Waals surface area contributed by atoms with Crippen LogP contribution in [0.3, 0.4) is 0 Å². The molecule has 0 amide bonds. The summed E-state index contributed by atoms with van der Waals surface area (Å²) in [6, 6.07) is 4.32. The smallest absolute Gasteiger partial charge is 0.130 e. The molecule has 0 saturated heterocycles. The van der Waals surface area contributed by atoms with E-state index in [0.29, 0.717) is 17.9 Å². The third kappa shape index (κ3) is 3.55. The van der Waals surface area contributed by atoms with Crippen LogP contribution in [0.4, 0.5) is 4.39 Å². The van der Waals surface area contributed by atoms with E-state index in [1.165, 1.54) is 19.1 Å². The Morgan fingerprint density at radius 3 is 2.69 bits per heavy atom. The molecule has 0 heterocycles. The molecule has 3 heteroatoms. The maximum absolute atomic E-state index is 12.8. The van der Waals surface area contributed by atoms with Crippen LogP contribution in [0, 0.1) is 5.82 Å². The van der Waals surface area contributed by atoms with Crippen LogP contribution in [0.25, 0.3) is 0 Å². The molecule has 0 aliphatic rings. The summed E-state index contributed by atoms with van der Waals surface area (Å²) in [7, 11) is 0. The lowest BCUT2D eigenvalue weighted by molar-refractivity contribution is -0.116. The Morgan fingerprint density at radius 2 is 2.15 bits per heavy atom. The minimum Gasteiger partial charge on any atom is -0.300 e. The van der Waals surface area contributed by atoms with Crippen molar-refractivity contribution in [2.24, 2.45) is 0 Å². The quantitative estimate of drug-likeness (QED) is 0.733. The van der Waals surface area contributed by atoms with Crippen LogP contribution in [0.15, 0.2) is 18.2 Å². The molecule has 1 aromatic rings. The van der Waals surface area contributed by atoms with Crippen LogP contribution in [-0.2, 0) is 11.2 Å². The van der Waals surface area contributed by atoms with Gasteiger partial charge in [-0.2, -0.15) is 0 Å². The maximum atomic E-state index is 12.8. The zero-order chi connectivity index (χ0) is 9.84. The predicted molar refractivity (Wildman–Crippen MR) is 50.4 cm³/mol. The van der Waals surface area contributed by atoms with Crippen LogP contribution < -0.4 is 0 Å². The molecule has 0 bridgehead atoms. The van der Waals surface area contributed by atoms with Gasteiger partial charge in [-0.05, 0) is 37.1 Å². The average Bonchev–Trinajstić information content (AvgIpc) is 1.99. The molecule has 1 aromatic carbocycles. The van der Waals surface area contributed by atoms with Gasteiger partial charge in [0.05, 0.1) is 0 Å². The van der Waals surface area contributed by atoms with Crippen molar-refractivity contribution >= 4 is 17.4 Å². The summed E-state index contributed by atoms with van der Waals surface area (Å²) in [6.07, 6.45) is 0.979. The predicted octanol–water partition coefficient (Wildman–Crippen LogP) is 3.00. The van der Waals surface area contributed by atoms with Gasteiger partial charge in [-0.1, -0.05) is 11.6 Å². The second kappa shape index (κ2) is 4.38. The molecule has 0 aromatic heterocycles. The van der Waals surface area contributed by atoms with Gasteiger partial charge in [-0.25, -0.2) is 4.39 Å². The monoisotopic (exact) mass is 200 g/mol. The van der Waals surface area contributed by atoms with Crippen molar-refractivity contribution in [1.82, 2.24) is 0 Å². The summed E-state index contributed by atoms with van der Waals surface area (Å²) in [5.74, 6) is -0.258. The number of Topliss-reactive ketones (excluding diaryl/α,β-unsaturated/α-hetero) is 1. The highest BCUT2D eigenvalue weighted by atomic mass is 35.5. The topological polar surface area (TPSA) is 17.1 Å². The van der Waals surface area contributed by atoms with E-state index in [9.17, 15) is 9.18 Å². The molecule has 1 nitrogen and oxygen atoms in total. The average molecular weight is 201 g/mol. The van der Waals surface area contributed by atoms with E-state index in [-0.39, 0.29) is 11.6 Å². The summed E-state index contributed by atoms with van der Waals surface area (Å²) in [5.41, 5.74) is 0.764. The minimum absolute atomic E-state index is 0.0976. The number of ketones is 1. The molecular weight excluding hydrogens is 191 g/mol. The van der Waals surface area contributed by atoms with Crippen molar-refractivity contribution in [1.29, 1.82) is 0 Å². The highest BCUT2D eigenvalue weighted by Gasteiger charge is 2.00. The van der Waals surface area contributed by atoms with Gasteiger partial charge in [0.25, 0.3) is 0 Å². The number of carbonyl (C=O) groups excluding carboxylic acids is 1. The van der Waals surface area contributed by atoms with Gasteiger partial charge in [0.2, 0.25) is 0 Å². The Kier molecular flexibility index (Phi) is 3.43. The van der Waals surface area contributed by atoms with Crippen molar-refractivity contribution < 1.29 is 9.18 Å². The first kappa shape index (κ1) is 10.2. The van der Waals surface area contributed by atoms with Crippen LogP contribution in [0.1, 0.15) is 18.9 Å². The van der Waals surface area contributed by atoms with E-state index >= 15 is 0 Å². The van der Waals surface area contributed by atoms with E-state index < -0.39 is 0 Å². The highest BCUT2D eigenvalue weighted by molar-refractivity contribution is 6.30. The molecular formula is C10H10ClFO. The molecule has 13 heavy (non-hydrogen) atoms. The second-order valence-corrected chi connectivity index (χ2v) is 3.42. The largest absolute Gasteiger partial charge is 0.300 e. The van der Waals surface area contributed by atoms with Crippen LogP contribution in [0.2, 0.25) is 5.02 Å². The summed E-state index contributed by atoms with van der Waals surface area (Å²) < 4.78 is 12.8. The summed E-state index contributed by atoms with van der Waals surface area (Å²) in [5, 5.41) is 0.374. The number of halogens is 2. The van der Waals surface area contributed by atoms with Gasteiger partial charge in [0.15, 0.2) is 0 Å². The second-order valence-electron chi connectivity index (χ2n) is 2.98. The maximum Gasteiger partial charge on any atom is 0.130 e. The molecule has 0 aliphatic heterocycles. The fraction of sp³-hybridized carbons (Fsp3) is 0.300. The van der Waals surface area contributed by atoms with Gasteiger partial charge in [0, 0.05) is 11.4 Å². The van der Waals surface area contributed by atoms with E-state index in [2.05, 4.69) is 0 Å². The molecule has 0 aliphatic carbocycles.